The highest BCUT2D eigenvalue weighted by Gasteiger charge is 2.25. The summed E-state index contributed by atoms with van der Waals surface area (Å²) in [5.41, 5.74) is 0. The minimum atomic E-state index is 0.309. The average Bonchev–Trinajstić information content (AvgIpc) is 2.47. The summed E-state index contributed by atoms with van der Waals surface area (Å²) in [7, 11) is 0. The number of hydrogen-bond donors (Lipinski definition) is 0. The lowest BCUT2D eigenvalue weighted by atomic mass is 9.93. The standard InChI is InChI=1S/C10H14O/c1-2-3-5-9-6-4-7-10(9)8-11/h1,8-10H,3-7H2/t9-,10+/m1/s1. The van der Waals surface area contributed by atoms with Gasteiger partial charge in [0.1, 0.15) is 6.29 Å². The fourth-order valence-electron chi connectivity index (χ4n) is 1.87. The van der Waals surface area contributed by atoms with Crippen LogP contribution in [0.25, 0.3) is 0 Å². The van der Waals surface area contributed by atoms with E-state index in [0.717, 1.165) is 25.5 Å². The molecule has 0 aromatic carbocycles. The van der Waals surface area contributed by atoms with Crippen LogP contribution in [-0.2, 0) is 4.79 Å². The molecular weight excluding hydrogens is 136 g/mol. The first-order valence-electron chi connectivity index (χ1n) is 4.27. The minimum Gasteiger partial charge on any atom is -0.303 e. The molecule has 1 fully saturated rings. The van der Waals surface area contributed by atoms with E-state index in [-0.39, 0.29) is 0 Å². The van der Waals surface area contributed by atoms with Crippen LogP contribution in [0.4, 0.5) is 0 Å². The lowest BCUT2D eigenvalue weighted by Crippen LogP contribution is -2.08. The summed E-state index contributed by atoms with van der Waals surface area (Å²) >= 11 is 0. The van der Waals surface area contributed by atoms with E-state index in [1.54, 1.807) is 0 Å². The van der Waals surface area contributed by atoms with Crippen LogP contribution in [0.5, 0.6) is 0 Å². The van der Waals surface area contributed by atoms with E-state index >= 15 is 0 Å². The maximum atomic E-state index is 10.5. The van der Waals surface area contributed by atoms with Gasteiger partial charge in [0.05, 0.1) is 0 Å². The first-order valence-corrected chi connectivity index (χ1v) is 4.27. The first kappa shape index (κ1) is 8.33. The Morgan fingerprint density at radius 3 is 3.00 bits per heavy atom. The SMILES string of the molecule is C#CCC[C@@H]1CCC[C@H]1C=O. The third-order valence-corrected chi connectivity index (χ3v) is 2.55. The molecule has 0 unspecified atom stereocenters. The molecule has 0 spiro atoms. The Bertz CT molecular complexity index is 166. The second-order valence-corrected chi connectivity index (χ2v) is 3.23. The minimum absolute atomic E-state index is 0.309. The van der Waals surface area contributed by atoms with Crippen LogP contribution in [0.3, 0.4) is 0 Å². The zero-order valence-electron chi connectivity index (χ0n) is 6.75. The maximum Gasteiger partial charge on any atom is 0.123 e. The van der Waals surface area contributed by atoms with Gasteiger partial charge in [-0.2, -0.15) is 0 Å². The van der Waals surface area contributed by atoms with Gasteiger partial charge in [0.2, 0.25) is 0 Å². The van der Waals surface area contributed by atoms with Crippen molar-refractivity contribution in [3.63, 3.8) is 0 Å². The van der Waals surface area contributed by atoms with Crippen molar-refractivity contribution in [2.24, 2.45) is 11.8 Å². The van der Waals surface area contributed by atoms with Gasteiger partial charge in [-0.3, -0.25) is 0 Å². The zero-order chi connectivity index (χ0) is 8.10. The lowest BCUT2D eigenvalue weighted by molar-refractivity contribution is -0.112. The number of aldehydes is 1. The van der Waals surface area contributed by atoms with Crippen molar-refractivity contribution in [3.8, 4) is 12.3 Å². The number of terminal acetylenes is 1. The molecule has 60 valence electrons. The van der Waals surface area contributed by atoms with Gasteiger partial charge in [0, 0.05) is 12.3 Å². The first-order chi connectivity index (χ1) is 5.38. The summed E-state index contributed by atoms with van der Waals surface area (Å²) in [5, 5.41) is 0. The predicted octanol–water partition coefficient (Wildman–Crippen LogP) is 2.01. The van der Waals surface area contributed by atoms with Crippen molar-refractivity contribution in [3.05, 3.63) is 0 Å². The van der Waals surface area contributed by atoms with Crippen molar-refractivity contribution in [2.75, 3.05) is 0 Å². The second kappa shape index (κ2) is 4.18. The smallest absolute Gasteiger partial charge is 0.123 e. The number of rotatable bonds is 3. The molecule has 1 rings (SSSR count). The summed E-state index contributed by atoms with van der Waals surface area (Å²) in [4.78, 5) is 10.5. The number of carbonyl (C=O) groups is 1. The summed E-state index contributed by atoms with van der Waals surface area (Å²) in [6, 6.07) is 0. The Labute approximate surface area is 68.2 Å². The normalized spacial score (nSPS) is 29.7. The molecular formula is C10H14O. The van der Waals surface area contributed by atoms with E-state index in [1.807, 2.05) is 0 Å². The van der Waals surface area contributed by atoms with E-state index < -0.39 is 0 Å². The Morgan fingerprint density at radius 1 is 1.55 bits per heavy atom. The van der Waals surface area contributed by atoms with Gasteiger partial charge in [-0.15, -0.1) is 12.3 Å². The van der Waals surface area contributed by atoms with Gasteiger partial charge in [0.15, 0.2) is 0 Å². The molecule has 1 heteroatoms. The highest BCUT2D eigenvalue weighted by molar-refractivity contribution is 5.54. The maximum absolute atomic E-state index is 10.5. The van der Waals surface area contributed by atoms with Crippen LogP contribution < -0.4 is 0 Å². The van der Waals surface area contributed by atoms with Gasteiger partial charge in [-0.1, -0.05) is 6.42 Å². The van der Waals surface area contributed by atoms with Crippen molar-refractivity contribution in [1.82, 2.24) is 0 Å². The van der Waals surface area contributed by atoms with Gasteiger partial charge in [0.25, 0.3) is 0 Å². The van der Waals surface area contributed by atoms with Gasteiger partial charge >= 0.3 is 0 Å². The molecule has 0 amide bonds. The second-order valence-electron chi connectivity index (χ2n) is 3.23. The Kier molecular flexibility index (Phi) is 3.16. The van der Waals surface area contributed by atoms with Crippen LogP contribution in [-0.4, -0.2) is 6.29 Å². The molecule has 0 aliphatic heterocycles. The van der Waals surface area contributed by atoms with E-state index in [1.165, 1.54) is 12.8 Å². The predicted molar refractivity (Wildman–Crippen MR) is 45.0 cm³/mol. The lowest BCUT2D eigenvalue weighted by Gasteiger charge is -2.11. The molecule has 0 heterocycles. The van der Waals surface area contributed by atoms with Gasteiger partial charge in [-0.05, 0) is 25.2 Å². The van der Waals surface area contributed by atoms with Crippen molar-refractivity contribution < 1.29 is 4.79 Å². The van der Waals surface area contributed by atoms with E-state index in [0.29, 0.717) is 11.8 Å². The topological polar surface area (TPSA) is 17.1 Å². The Morgan fingerprint density at radius 2 is 2.36 bits per heavy atom. The Balaban J connectivity index is 2.32. The van der Waals surface area contributed by atoms with Crippen LogP contribution in [0.15, 0.2) is 0 Å². The summed E-state index contributed by atoms with van der Waals surface area (Å²) in [5.74, 6) is 3.52. The molecule has 11 heavy (non-hydrogen) atoms. The summed E-state index contributed by atoms with van der Waals surface area (Å²) < 4.78 is 0. The molecule has 2 atom stereocenters. The fourth-order valence-corrected chi connectivity index (χ4v) is 1.87. The third kappa shape index (κ3) is 2.08. The van der Waals surface area contributed by atoms with Crippen molar-refractivity contribution in [1.29, 1.82) is 0 Å². The molecule has 1 aliphatic carbocycles. The molecule has 0 aromatic heterocycles. The fraction of sp³-hybridized carbons (Fsp3) is 0.700. The van der Waals surface area contributed by atoms with Crippen LogP contribution >= 0.6 is 0 Å². The highest BCUT2D eigenvalue weighted by Crippen LogP contribution is 2.33. The molecule has 0 radical (unpaired) electrons. The molecule has 1 aliphatic rings. The molecule has 0 saturated heterocycles. The van der Waals surface area contributed by atoms with Gasteiger partial charge < -0.3 is 4.79 Å². The van der Waals surface area contributed by atoms with Gasteiger partial charge in [-0.25, -0.2) is 0 Å². The third-order valence-electron chi connectivity index (χ3n) is 2.55. The summed E-state index contributed by atoms with van der Waals surface area (Å²) in [6.45, 7) is 0. The molecule has 0 N–H and O–H groups in total. The van der Waals surface area contributed by atoms with Crippen molar-refractivity contribution >= 4 is 6.29 Å². The number of carbonyl (C=O) groups excluding carboxylic acids is 1. The molecule has 1 nitrogen and oxygen atoms in total. The van der Waals surface area contributed by atoms with Crippen molar-refractivity contribution in [2.45, 2.75) is 32.1 Å². The Hall–Kier alpha value is -0.770. The van der Waals surface area contributed by atoms with Crippen LogP contribution in [0.2, 0.25) is 0 Å². The molecule has 0 bridgehead atoms. The van der Waals surface area contributed by atoms with E-state index in [9.17, 15) is 4.79 Å². The monoisotopic (exact) mass is 150 g/mol. The van der Waals surface area contributed by atoms with E-state index in [2.05, 4.69) is 5.92 Å². The van der Waals surface area contributed by atoms with Crippen LogP contribution in [0.1, 0.15) is 32.1 Å². The number of hydrogen-bond acceptors (Lipinski definition) is 1. The summed E-state index contributed by atoms with van der Waals surface area (Å²) in [6.07, 6.45) is 11.6. The highest BCUT2D eigenvalue weighted by atomic mass is 16.1. The average molecular weight is 150 g/mol. The zero-order valence-corrected chi connectivity index (χ0v) is 6.75. The molecule has 1 saturated carbocycles. The quantitative estimate of drug-likeness (QED) is 0.444. The van der Waals surface area contributed by atoms with E-state index in [4.69, 9.17) is 6.42 Å². The largest absolute Gasteiger partial charge is 0.303 e. The molecule has 0 aromatic rings. The van der Waals surface area contributed by atoms with Crippen LogP contribution in [0, 0.1) is 24.2 Å².